The Kier molecular flexibility index (Phi) is 11.1. The lowest BCUT2D eigenvalue weighted by molar-refractivity contribution is -0.131. The number of carbonyl (C=O) groups is 3. The first-order chi connectivity index (χ1) is 25.7. The van der Waals surface area contributed by atoms with Crippen molar-refractivity contribution in [1.82, 2.24) is 24.2 Å². The van der Waals surface area contributed by atoms with E-state index in [1.54, 1.807) is 4.90 Å². The summed E-state index contributed by atoms with van der Waals surface area (Å²) in [6.45, 7) is 10.3. The molecule has 4 aromatic rings. The minimum Gasteiger partial charge on any atom is -0.379 e. The molecule has 1 atom stereocenters. The number of carbonyl (C=O) groups excluding carboxylic acids is 3. The number of ether oxygens (including phenoxy) is 1. The second-order valence-electron chi connectivity index (χ2n) is 15.0. The van der Waals surface area contributed by atoms with Crippen molar-refractivity contribution in [2.45, 2.75) is 65.1 Å². The fraction of sp³-hybridized carbons (Fsp3) is 0.432. The first-order valence-electron chi connectivity index (χ1n) is 19.3. The molecule has 0 saturated carbocycles. The molecule has 9 heteroatoms. The summed E-state index contributed by atoms with van der Waals surface area (Å²) in [6.07, 6.45) is 3.79. The van der Waals surface area contributed by atoms with Crippen LogP contribution in [0.3, 0.4) is 0 Å². The third-order valence-electron chi connectivity index (χ3n) is 11.6. The molecule has 0 radical (unpaired) electrons. The molecule has 7 rings (SSSR count). The van der Waals surface area contributed by atoms with Gasteiger partial charge in [0, 0.05) is 88.5 Å². The maximum Gasteiger partial charge on any atom is 0.255 e. The van der Waals surface area contributed by atoms with Crippen LogP contribution in [-0.4, -0.2) is 101 Å². The highest BCUT2D eigenvalue weighted by Crippen LogP contribution is 2.36. The monoisotopic (exact) mass is 715 g/mol. The van der Waals surface area contributed by atoms with Gasteiger partial charge in [-0.3, -0.25) is 19.3 Å². The van der Waals surface area contributed by atoms with Crippen LogP contribution in [0.15, 0.2) is 72.8 Å². The number of nitrogens with zero attached hydrogens (tertiary/aromatic N) is 5. The molecule has 4 heterocycles. The molecule has 9 nitrogen and oxygen atoms in total. The normalized spacial score (nSPS) is 17.3. The molecule has 0 aliphatic carbocycles. The van der Waals surface area contributed by atoms with Crippen molar-refractivity contribution in [3.8, 4) is 11.3 Å². The largest absolute Gasteiger partial charge is 0.379 e. The van der Waals surface area contributed by atoms with E-state index in [1.807, 2.05) is 62.3 Å². The van der Waals surface area contributed by atoms with Gasteiger partial charge in [-0.25, -0.2) is 0 Å². The Balaban J connectivity index is 1.28. The van der Waals surface area contributed by atoms with E-state index in [9.17, 15) is 9.59 Å². The third-order valence-corrected chi connectivity index (χ3v) is 11.6. The Morgan fingerprint density at radius 2 is 1.58 bits per heavy atom. The SMILES string of the molecule is CCCCN(C)C(=O)c1cc(-c2cc3c(cc2C(=O)N2Cc4ccccc4C[C@H]2CN2CCOCC2)CN(C(=O)Cc2ccccc2)CC3)n(C)c1C. The number of rotatable bonds is 10. The zero-order valence-electron chi connectivity index (χ0n) is 31.8. The van der Waals surface area contributed by atoms with Gasteiger partial charge in [0.1, 0.15) is 0 Å². The molecular formula is C44H53N5O4. The summed E-state index contributed by atoms with van der Waals surface area (Å²) in [5.41, 5.74) is 9.45. The van der Waals surface area contributed by atoms with E-state index in [-0.39, 0.29) is 23.8 Å². The van der Waals surface area contributed by atoms with E-state index in [1.165, 1.54) is 11.1 Å². The first kappa shape index (κ1) is 36.6. The van der Waals surface area contributed by atoms with Gasteiger partial charge in [-0.15, -0.1) is 0 Å². The minimum atomic E-state index is -0.0184. The Morgan fingerprint density at radius 3 is 2.34 bits per heavy atom. The highest BCUT2D eigenvalue weighted by atomic mass is 16.5. The van der Waals surface area contributed by atoms with Crippen LogP contribution in [0.25, 0.3) is 11.3 Å². The van der Waals surface area contributed by atoms with Crippen LogP contribution in [0.5, 0.6) is 0 Å². The van der Waals surface area contributed by atoms with E-state index < -0.39 is 0 Å². The van der Waals surface area contributed by atoms with Crippen LogP contribution in [0.4, 0.5) is 0 Å². The van der Waals surface area contributed by atoms with Crippen LogP contribution in [0, 0.1) is 6.92 Å². The van der Waals surface area contributed by atoms with E-state index in [0.717, 1.165) is 72.5 Å². The highest BCUT2D eigenvalue weighted by molar-refractivity contribution is 6.03. The van der Waals surface area contributed by atoms with Gasteiger partial charge >= 0.3 is 0 Å². The summed E-state index contributed by atoms with van der Waals surface area (Å²) in [6, 6.07) is 24.5. The van der Waals surface area contributed by atoms with Crippen molar-refractivity contribution in [2.75, 3.05) is 53.0 Å². The predicted molar refractivity (Wildman–Crippen MR) is 208 cm³/mol. The Bertz CT molecular complexity index is 1960. The molecule has 0 spiro atoms. The average Bonchev–Trinajstić information content (AvgIpc) is 3.48. The van der Waals surface area contributed by atoms with Gasteiger partial charge in [0.05, 0.1) is 25.2 Å². The molecule has 278 valence electrons. The summed E-state index contributed by atoms with van der Waals surface area (Å²) in [4.78, 5) is 50.8. The van der Waals surface area contributed by atoms with E-state index in [0.29, 0.717) is 63.4 Å². The lowest BCUT2D eigenvalue weighted by Gasteiger charge is -2.41. The second-order valence-corrected chi connectivity index (χ2v) is 15.0. The molecule has 3 aliphatic rings. The highest BCUT2D eigenvalue weighted by Gasteiger charge is 2.35. The number of aromatic nitrogens is 1. The lowest BCUT2D eigenvalue weighted by Crippen LogP contribution is -2.52. The molecular weight excluding hydrogens is 663 g/mol. The number of amides is 3. The smallest absolute Gasteiger partial charge is 0.255 e. The average molecular weight is 716 g/mol. The quantitative estimate of drug-likeness (QED) is 0.205. The Hall–Kier alpha value is -4.73. The predicted octanol–water partition coefficient (Wildman–Crippen LogP) is 5.90. The van der Waals surface area contributed by atoms with Gasteiger partial charge in [0.15, 0.2) is 0 Å². The third kappa shape index (κ3) is 7.82. The number of benzene rings is 3. The Labute approximate surface area is 314 Å². The molecule has 1 fully saturated rings. The number of hydrogen-bond donors (Lipinski definition) is 0. The van der Waals surface area contributed by atoms with Crippen molar-refractivity contribution >= 4 is 17.7 Å². The maximum absolute atomic E-state index is 15.3. The van der Waals surface area contributed by atoms with Gasteiger partial charge in [0.2, 0.25) is 5.91 Å². The molecule has 1 aromatic heterocycles. The summed E-state index contributed by atoms with van der Waals surface area (Å²) >= 11 is 0. The molecule has 1 saturated heterocycles. The van der Waals surface area contributed by atoms with E-state index >= 15 is 4.79 Å². The first-order valence-corrected chi connectivity index (χ1v) is 19.3. The lowest BCUT2D eigenvalue weighted by atomic mass is 9.89. The van der Waals surface area contributed by atoms with Gasteiger partial charge in [-0.1, -0.05) is 67.9 Å². The number of morpholine rings is 1. The topological polar surface area (TPSA) is 78.3 Å². The molecule has 53 heavy (non-hydrogen) atoms. The van der Waals surface area contributed by atoms with E-state index in [2.05, 4.69) is 57.7 Å². The summed E-state index contributed by atoms with van der Waals surface area (Å²) in [5.74, 6) is 0.0648. The van der Waals surface area contributed by atoms with Gasteiger partial charge in [-0.05, 0) is 72.2 Å². The minimum absolute atomic E-state index is 0.00517. The van der Waals surface area contributed by atoms with Gasteiger partial charge in [-0.2, -0.15) is 0 Å². The van der Waals surface area contributed by atoms with Crippen molar-refractivity contribution in [3.05, 3.63) is 117 Å². The molecule has 3 amide bonds. The number of unbranched alkanes of at least 4 members (excludes halogenated alkanes) is 1. The van der Waals surface area contributed by atoms with Crippen molar-refractivity contribution in [3.63, 3.8) is 0 Å². The fourth-order valence-corrected chi connectivity index (χ4v) is 8.19. The van der Waals surface area contributed by atoms with Gasteiger partial charge in [0.25, 0.3) is 11.8 Å². The van der Waals surface area contributed by atoms with Crippen LogP contribution >= 0.6 is 0 Å². The number of hydrogen-bond acceptors (Lipinski definition) is 5. The van der Waals surface area contributed by atoms with Crippen molar-refractivity contribution < 1.29 is 19.1 Å². The van der Waals surface area contributed by atoms with Gasteiger partial charge < -0.3 is 24.0 Å². The van der Waals surface area contributed by atoms with Crippen LogP contribution in [-0.2, 0) is 48.9 Å². The second kappa shape index (κ2) is 16.1. The van der Waals surface area contributed by atoms with Crippen molar-refractivity contribution in [2.24, 2.45) is 7.05 Å². The molecule has 3 aromatic carbocycles. The molecule has 0 N–H and O–H groups in total. The molecule has 0 unspecified atom stereocenters. The number of fused-ring (bicyclic) bond motifs is 2. The summed E-state index contributed by atoms with van der Waals surface area (Å²) in [7, 11) is 3.86. The zero-order chi connectivity index (χ0) is 37.1. The van der Waals surface area contributed by atoms with Crippen LogP contribution in [0.2, 0.25) is 0 Å². The van der Waals surface area contributed by atoms with E-state index in [4.69, 9.17) is 4.74 Å². The summed E-state index contributed by atoms with van der Waals surface area (Å²) in [5, 5.41) is 0. The molecule has 0 bridgehead atoms. The molecule has 3 aliphatic heterocycles. The fourth-order valence-electron chi connectivity index (χ4n) is 8.19. The van der Waals surface area contributed by atoms with Crippen LogP contribution < -0.4 is 0 Å². The van der Waals surface area contributed by atoms with Crippen molar-refractivity contribution in [1.29, 1.82) is 0 Å². The van der Waals surface area contributed by atoms with Crippen LogP contribution in [0.1, 0.15) is 74.0 Å². The summed E-state index contributed by atoms with van der Waals surface area (Å²) < 4.78 is 7.72. The zero-order valence-corrected chi connectivity index (χ0v) is 31.8. The Morgan fingerprint density at radius 1 is 0.849 bits per heavy atom. The maximum atomic E-state index is 15.3. The standard InChI is InChI=1S/C44H53N5O4/c1-5-6-17-45(3)43(51)38-27-41(46(4)31(38)2)39-25-34-16-18-48(42(50)23-32-12-8-7-9-13-32)28-36(34)26-40(39)44(52)49-29-35-15-11-10-14-33(35)24-37(49)30-47-19-21-53-22-20-47/h7-15,25-27,37H,5-6,16-24,28-30H2,1-4H3/t37-/m0/s1.